The van der Waals surface area contributed by atoms with E-state index in [4.69, 9.17) is 23.7 Å². The molecule has 2 bridgehead atoms. The fraction of sp³-hybridized carbons (Fsp3) is 0.766. The van der Waals surface area contributed by atoms with Gasteiger partial charge in [-0.05, 0) is 94.6 Å². The van der Waals surface area contributed by atoms with Crippen molar-refractivity contribution in [2.45, 2.75) is 173 Å². The summed E-state index contributed by atoms with van der Waals surface area (Å²) in [6, 6.07) is -1.40. The number of Topliss-reactive ketones (excluding diaryl/α,β-unsaturated/α-hetero) is 2. The van der Waals surface area contributed by atoms with Gasteiger partial charge in [0.15, 0.2) is 0 Å². The predicted octanol–water partition coefficient (Wildman–Crippen LogP) is 5.12. The van der Waals surface area contributed by atoms with Crippen molar-refractivity contribution >= 4 is 29.4 Å². The van der Waals surface area contributed by atoms with E-state index in [1.54, 1.807) is 46.8 Å². The standard InChI is InChI=1S/C47H73FN2O12/c1-11-19-60-38-24-32(16-17-34(38)49-31(8)51)20-28(5)42-30(7)36(52)25-37(53)33(12-2)21-26(3)41(48)27(4)22-39(58-9)43-40(59-10)23-29(6)47(57,62-43)44(54)45(55)50-18-14-13-15-35(50)46(56)61-42/h11,20-21,27,29-30,32-36,38-43,52,57H,1,12-19,22-25H2,2-10H3,(H,49,51)/b26-21+,28-20?. The van der Waals surface area contributed by atoms with Gasteiger partial charge in [0.05, 0.1) is 37.1 Å². The Labute approximate surface area is 367 Å². The zero-order valence-electron chi connectivity index (χ0n) is 38.3. The molecule has 2 saturated heterocycles. The lowest BCUT2D eigenvalue weighted by Gasteiger charge is -2.47. The number of halogens is 1. The highest BCUT2D eigenvalue weighted by Gasteiger charge is 2.57. The molecular weight excluding hydrogens is 804 g/mol. The molecule has 4 rings (SSSR count). The first-order valence-electron chi connectivity index (χ1n) is 22.5. The highest BCUT2D eigenvalue weighted by molar-refractivity contribution is 6.39. The SMILES string of the molecule is C=CCOC1CC(C=C(C)C2OC(=O)C3CCCCN3C(=O)C(=O)C3(O)OC(C(OC)CC(C)C(F)/C(C)=C/C(CC)C(=O)CC(O)C2C)C(OC)CC3C)CCC1NC(C)=O. The summed E-state index contributed by atoms with van der Waals surface area (Å²) in [6.07, 6.45) is 1.72. The third kappa shape index (κ3) is 12.3. The van der Waals surface area contributed by atoms with Crippen LogP contribution in [0.1, 0.15) is 113 Å². The van der Waals surface area contributed by atoms with E-state index in [2.05, 4.69) is 11.9 Å². The zero-order chi connectivity index (χ0) is 46.1. The maximum atomic E-state index is 16.3. The number of nitrogens with one attached hydrogen (secondary N) is 1. The molecular formula is C47H73FN2O12. The molecule has 2 amide bonds. The fourth-order valence-electron chi connectivity index (χ4n) is 9.86. The van der Waals surface area contributed by atoms with Gasteiger partial charge in [-0.3, -0.25) is 19.2 Å². The third-order valence-electron chi connectivity index (χ3n) is 13.7. The minimum absolute atomic E-state index is 0.0373. The van der Waals surface area contributed by atoms with Gasteiger partial charge in [0, 0.05) is 51.9 Å². The van der Waals surface area contributed by atoms with Gasteiger partial charge >= 0.3 is 5.97 Å². The molecule has 15 unspecified atom stereocenters. The van der Waals surface area contributed by atoms with Crippen molar-refractivity contribution in [3.63, 3.8) is 0 Å². The van der Waals surface area contributed by atoms with E-state index >= 15 is 4.39 Å². The number of piperidine rings is 1. The average molecular weight is 877 g/mol. The Balaban J connectivity index is 1.78. The van der Waals surface area contributed by atoms with Crippen LogP contribution >= 0.6 is 0 Å². The minimum atomic E-state index is -2.62. The predicted molar refractivity (Wildman–Crippen MR) is 229 cm³/mol. The number of esters is 1. The number of cyclic esters (lactones) is 1. The van der Waals surface area contributed by atoms with Gasteiger partial charge in [-0.2, -0.15) is 0 Å². The summed E-state index contributed by atoms with van der Waals surface area (Å²) < 4.78 is 46.4. The molecule has 14 nitrogen and oxygen atoms in total. The lowest BCUT2D eigenvalue weighted by molar-refractivity contribution is -0.302. The number of carbonyl (C=O) groups is 5. The molecule has 15 atom stereocenters. The van der Waals surface area contributed by atoms with Crippen LogP contribution in [0.15, 0.2) is 36.0 Å². The van der Waals surface area contributed by atoms with Gasteiger partial charge in [0.1, 0.15) is 30.2 Å². The number of aliphatic hydroxyl groups excluding tert-OH is 1. The van der Waals surface area contributed by atoms with Crippen LogP contribution in [0.4, 0.5) is 4.39 Å². The molecule has 4 aliphatic rings. The van der Waals surface area contributed by atoms with Crippen molar-refractivity contribution in [3.8, 4) is 0 Å². The minimum Gasteiger partial charge on any atom is -0.456 e. The lowest BCUT2D eigenvalue weighted by Crippen LogP contribution is -2.64. The number of carbonyl (C=O) groups excluding carboxylic acids is 5. The number of amides is 2. The van der Waals surface area contributed by atoms with Crippen molar-refractivity contribution in [2.24, 2.45) is 29.6 Å². The number of methoxy groups -OCH3 is 2. The normalized spacial score (nSPS) is 39.7. The third-order valence-corrected chi connectivity index (χ3v) is 13.7. The Hall–Kier alpha value is -3.34. The Kier molecular flexibility index (Phi) is 19.1. The summed E-state index contributed by atoms with van der Waals surface area (Å²) in [4.78, 5) is 70.0. The van der Waals surface area contributed by atoms with E-state index in [1.165, 1.54) is 21.1 Å². The molecule has 1 aliphatic carbocycles. The Bertz CT molecular complexity index is 1650. The second-order valence-electron chi connectivity index (χ2n) is 18.2. The number of hydrogen-bond donors (Lipinski definition) is 3. The second-order valence-corrected chi connectivity index (χ2v) is 18.2. The molecule has 62 heavy (non-hydrogen) atoms. The molecule has 0 spiro atoms. The molecule has 350 valence electrons. The van der Waals surface area contributed by atoms with Crippen molar-refractivity contribution in [1.29, 1.82) is 0 Å². The number of alkyl halides is 1. The zero-order valence-corrected chi connectivity index (χ0v) is 38.3. The van der Waals surface area contributed by atoms with E-state index in [0.29, 0.717) is 49.7 Å². The van der Waals surface area contributed by atoms with Gasteiger partial charge < -0.3 is 44.1 Å². The van der Waals surface area contributed by atoms with E-state index < -0.39 is 89.9 Å². The van der Waals surface area contributed by atoms with Crippen LogP contribution in [-0.2, 0) is 47.7 Å². The van der Waals surface area contributed by atoms with E-state index in [0.717, 1.165) is 4.90 Å². The van der Waals surface area contributed by atoms with Crippen molar-refractivity contribution < 1.29 is 62.3 Å². The molecule has 15 heteroatoms. The van der Waals surface area contributed by atoms with E-state index in [1.807, 2.05) is 13.0 Å². The molecule has 0 aromatic heterocycles. The van der Waals surface area contributed by atoms with Crippen LogP contribution in [0, 0.1) is 29.6 Å². The number of rotatable bonds is 9. The smallest absolute Gasteiger partial charge is 0.329 e. The summed E-state index contributed by atoms with van der Waals surface area (Å²) in [5.74, 6) is -9.42. The monoisotopic (exact) mass is 877 g/mol. The lowest BCUT2D eigenvalue weighted by atomic mass is 9.80. The van der Waals surface area contributed by atoms with E-state index in [-0.39, 0.29) is 68.6 Å². The van der Waals surface area contributed by atoms with Crippen LogP contribution in [0.5, 0.6) is 0 Å². The highest BCUT2D eigenvalue weighted by atomic mass is 19.1. The number of aliphatic hydroxyl groups is 2. The molecule has 3 N–H and O–H groups in total. The van der Waals surface area contributed by atoms with Gasteiger partial charge in [0.2, 0.25) is 11.7 Å². The summed E-state index contributed by atoms with van der Waals surface area (Å²) >= 11 is 0. The van der Waals surface area contributed by atoms with Crippen LogP contribution in [0.3, 0.4) is 0 Å². The number of ether oxygens (including phenoxy) is 5. The van der Waals surface area contributed by atoms with Gasteiger partial charge in [-0.25, -0.2) is 9.18 Å². The maximum absolute atomic E-state index is 16.3. The largest absolute Gasteiger partial charge is 0.456 e. The maximum Gasteiger partial charge on any atom is 0.329 e. The van der Waals surface area contributed by atoms with Crippen molar-refractivity contribution in [2.75, 3.05) is 27.4 Å². The van der Waals surface area contributed by atoms with Crippen LogP contribution in [0.2, 0.25) is 0 Å². The molecule has 3 heterocycles. The molecule has 0 aromatic carbocycles. The van der Waals surface area contributed by atoms with Gasteiger partial charge in [-0.1, -0.05) is 45.9 Å². The molecule has 3 fully saturated rings. The summed E-state index contributed by atoms with van der Waals surface area (Å²) in [5, 5.41) is 26.8. The van der Waals surface area contributed by atoms with Gasteiger partial charge in [-0.15, -0.1) is 6.58 Å². The van der Waals surface area contributed by atoms with Crippen molar-refractivity contribution in [1.82, 2.24) is 10.2 Å². The number of allylic oxidation sites excluding steroid dienone is 3. The van der Waals surface area contributed by atoms with Crippen molar-refractivity contribution in [3.05, 3.63) is 36.0 Å². The topological polar surface area (TPSA) is 187 Å². The average Bonchev–Trinajstić information content (AvgIpc) is 3.25. The van der Waals surface area contributed by atoms with Crippen LogP contribution < -0.4 is 5.32 Å². The van der Waals surface area contributed by atoms with Crippen LogP contribution in [-0.4, -0.2) is 133 Å². The van der Waals surface area contributed by atoms with Gasteiger partial charge in [0.25, 0.3) is 11.7 Å². The highest BCUT2D eigenvalue weighted by Crippen LogP contribution is 2.39. The van der Waals surface area contributed by atoms with E-state index in [9.17, 15) is 34.2 Å². The molecule has 1 saturated carbocycles. The Morgan fingerprint density at radius 2 is 1.71 bits per heavy atom. The molecule has 3 aliphatic heterocycles. The number of nitrogens with zero attached hydrogens (tertiary/aromatic N) is 1. The second kappa shape index (κ2) is 23.0. The first kappa shape index (κ1) is 51.3. The first-order chi connectivity index (χ1) is 29.3. The Morgan fingerprint density at radius 1 is 1.03 bits per heavy atom. The first-order valence-corrected chi connectivity index (χ1v) is 22.5. The summed E-state index contributed by atoms with van der Waals surface area (Å²) in [6.45, 7) is 15.7. The Morgan fingerprint density at radius 3 is 2.34 bits per heavy atom. The van der Waals surface area contributed by atoms with Crippen LogP contribution in [0.25, 0.3) is 0 Å². The quantitative estimate of drug-likeness (QED) is 0.158. The molecule has 0 radical (unpaired) electrons. The molecule has 0 aromatic rings. The number of ketones is 2. The summed E-state index contributed by atoms with van der Waals surface area (Å²) in [5.41, 5.74) is 0.929. The summed E-state index contributed by atoms with van der Waals surface area (Å²) in [7, 11) is 2.87. The number of fused-ring (bicyclic) bond motifs is 3. The number of hydrogen-bond acceptors (Lipinski definition) is 12. The fourth-order valence-corrected chi connectivity index (χ4v) is 9.86.